The van der Waals surface area contributed by atoms with Gasteiger partial charge in [0.15, 0.2) is 0 Å². The molecule has 3 rings (SSSR count). The number of rotatable bonds is 7. The Hall–Kier alpha value is -2.60. The monoisotopic (exact) mass is 340 g/mol. The number of nitrogens with one attached hydrogen (secondary N) is 2. The minimum absolute atomic E-state index is 0.0654. The lowest BCUT2D eigenvalue weighted by molar-refractivity contribution is 0.0945. The van der Waals surface area contributed by atoms with Crippen molar-refractivity contribution in [2.24, 2.45) is 0 Å². The van der Waals surface area contributed by atoms with Crippen LogP contribution in [0.3, 0.4) is 0 Å². The van der Waals surface area contributed by atoms with Crippen molar-refractivity contribution in [1.82, 2.24) is 10.3 Å². The lowest BCUT2D eigenvalue weighted by atomic mass is 10.2. The van der Waals surface area contributed by atoms with Gasteiger partial charge in [-0.2, -0.15) is 0 Å². The first-order chi connectivity index (χ1) is 12.3. The third kappa shape index (κ3) is 4.70. The Morgan fingerprint density at radius 1 is 1.20 bits per heavy atom. The maximum Gasteiger partial charge on any atom is 0.251 e. The van der Waals surface area contributed by atoms with Crippen molar-refractivity contribution in [2.75, 3.05) is 36.5 Å². The van der Waals surface area contributed by atoms with Gasteiger partial charge in [0.05, 0.1) is 6.61 Å². The van der Waals surface area contributed by atoms with Gasteiger partial charge in [0, 0.05) is 43.6 Å². The van der Waals surface area contributed by atoms with Crippen LogP contribution in [0.25, 0.3) is 0 Å². The van der Waals surface area contributed by atoms with E-state index in [4.69, 9.17) is 5.11 Å². The minimum atomic E-state index is -0.186. The zero-order valence-corrected chi connectivity index (χ0v) is 14.2. The van der Waals surface area contributed by atoms with Gasteiger partial charge in [0.1, 0.15) is 5.82 Å². The summed E-state index contributed by atoms with van der Waals surface area (Å²) in [5, 5.41) is 14.7. The van der Waals surface area contributed by atoms with E-state index in [1.165, 1.54) is 12.8 Å². The van der Waals surface area contributed by atoms with Gasteiger partial charge in [-0.15, -0.1) is 0 Å². The zero-order chi connectivity index (χ0) is 17.5. The van der Waals surface area contributed by atoms with Gasteiger partial charge in [-0.05, 0) is 42.7 Å². The molecule has 1 aliphatic heterocycles. The maximum atomic E-state index is 11.9. The lowest BCUT2D eigenvalue weighted by Gasteiger charge is -2.16. The van der Waals surface area contributed by atoms with Crippen molar-refractivity contribution in [3.05, 3.63) is 53.7 Å². The second-order valence-corrected chi connectivity index (χ2v) is 6.13. The lowest BCUT2D eigenvalue weighted by Crippen LogP contribution is -2.26. The molecule has 1 saturated heterocycles. The van der Waals surface area contributed by atoms with Crippen molar-refractivity contribution < 1.29 is 9.90 Å². The molecule has 25 heavy (non-hydrogen) atoms. The van der Waals surface area contributed by atoms with E-state index in [1.54, 1.807) is 12.1 Å². The van der Waals surface area contributed by atoms with Gasteiger partial charge in [0.2, 0.25) is 0 Å². The van der Waals surface area contributed by atoms with E-state index in [0.29, 0.717) is 12.1 Å². The summed E-state index contributed by atoms with van der Waals surface area (Å²) in [6.45, 7) is 3.02. The molecule has 132 valence electrons. The average molecular weight is 340 g/mol. The van der Waals surface area contributed by atoms with Crippen molar-refractivity contribution in [3.63, 3.8) is 0 Å². The van der Waals surface area contributed by atoms with Crippen LogP contribution < -0.4 is 15.5 Å². The predicted octanol–water partition coefficient (Wildman–Crippen LogP) is 2.02. The first-order valence-electron chi connectivity index (χ1n) is 8.69. The molecule has 0 atom stereocenters. The fourth-order valence-electron chi connectivity index (χ4n) is 2.90. The Morgan fingerprint density at radius 3 is 2.76 bits per heavy atom. The highest BCUT2D eigenvalue weighted by Crippen LogP contribution is 2.18. The molecular weight excluding hydrogens is 316 g/mol. The summed E-state index contributed by atoms with van der Waals surface area (Å²) in [5.41, 5.74) is 2.54. The van der Waals surface area contributed by atoms with Crippen LogP contribution in [0.1, 0.15) is 28.8 Å². The minimum Gasteiger partial charge on any atom is -0.395 e. The molecule has 2 heterocycles. The smallest absolute Gasteiger partial charge is 0.251 e. The van der Waals surface area contributed by atoms with Gasteiger partial charge < -0.3 is 20.6 Å². The number of anilines is 2. The summed E-state index contributed by atoms with van der Waals surface area (Å²) in [7, 11) is 0. The zero-order valence-electron chi connectivity index (χ0n) is 14.2. The topological polar surface area (TPSA) is 77.5 Å². The maximum absolute atomic E-state index is 11.9. The van der Waals surface area contributed by atoms with E-state index in [9.17, 15) is 4.79 Å². The second-order valence-electron chi connectivity index (χ2n) is 6.13. The standard InChI is InChI=1S/C19H24N4O2/c24-11-8-20-19(25)16-4-3-5-17(12-16)21-13-15-6-7-18(22-14-15)23-9-1-2-10-23/h3-7,12,14,21,24H,1-2,8-11,13H2,(H,20,25). The molecule has 1 amide bonds. The van der Waals surface area contributed by atoms with Gasteiger partial charge in [-0.3, -0.25) is 4.79 Å². The Morgan fingerprint density at radius 2 is 2.04 bits per heavy atom. The van der Waals surface area contributed by atoms with E-state index in [0.717, 1.165) is 30.2 Å². The van der Waals surface area contributed by atoms with Crippen LogP contribution in [0.5, 0.6) is 0 Å². The highest BCUT2D eigenvalue weighted by atomic mass is 16.3. The highest BCUT2D eigenvalue weighted by molar-refractivity contribution is 5.95. The van der Waals surface area contributed by atoms with Crippen molar-refractivity contribution in [3.8, 4) is 0 Å². The molecular formula is C19H24N4O2. The number of hydrogen-bond acceptors (Lipinski definition) is 5. The molecule has 0 unspecified atom stereocenters. The third-order valence-electron chi connectivity index (χ3n) is 4.26. The number of hydrogen-bond donors (Lipinski definition) is 3. The molecule has 1 aliphatic rings. The molecule has 0 spiro atoms. The Labute approximate surface area is 147 Å². The summed E-state index contributed by atoms with van der Waals surface area (Å²) in [6.07, 6.45) is 4.39. The number of aromatic nitrogens is 1. The van der Waals surface area contributed by atoms with E-state index < -0.39 is 0 Å². The van der Waals surface area contributed by atoms with Crippen LogP contribution in [0, 0.1) is 0 Å². The summed E-state index contributed by atoms with van der Waals surface area (Å²) >= 11 is 0. The van der Waals surface area contributed by atoms with Crippen LogP contribution >= 0.6 is 0 Å². The number of nitrogens with zero attached hydrogens (tertiary/aromatic N) is 2. The van der Waals surface area contributed by atoms with Crippen molar-refractivity contribution in [2.45, 2.75) is 19.4 Å². The second kappa shape index (κ2) is 8.48. The van der Waals surface area contributed by atoms with Crippen LogP contribution in [0.15, 0.2) is 42.6 Å². The molecule has 2 aromatic rings. The molecule has 1 fully saturated rings. The molecule has 0 bridgehead atoms. The molecule has 1 aromatic heterocycles. The van der Waals surface area contributed by atoms with Crippen LogP contribution in [-0.2, 0) is 6.54 Å². The fourth-order valence-corrected chi connectivity index (χ4v) is 2.90. The number of pyridine rings is 1. The van der Waals surface area contributed by atoms with Crippen molar-refractivity contribution in [1.29, 1.82) is 0 Å². The largest absolute Gasteiger partial charge is 0.395 e. The number of aliphatic hydroxyl groups excluding tert-OH is 1. The molecule has 3 N–H and O–H groups in total. The average Bonchev–Trinajstić information content (AvgIpc) is 3.20. The Bertz CT molecular complexity index is 697. The summed E-state index contributed by atoms with van der Waals surface area (Å²) in [6, 6.07) is 11.5. The first kappa shape index (κ1) is 17.2. The Balaban J connectivity index is 1.57. The third-order valence-corrected chi connectivity index (χ3v) is 4.26. The van der Waals surface area contributed by atoms with Gasteiger partial charge in [-0.25, -0.2) is 4.98 Å². The number of carbonyl (C=O) groups is 1. The van der Waals surface area contributed by atoms with Crippen molar-refractivity contribution >= 4 is 17.4 Å². The molecule has 0 aliphatic carbocycles. The van der Waals surface area contributed by atoms with Crippen LogP contribution in [0.4, 0.5) is 11.5 Å². The quantitative estimate of drug-likeness (QED) is 0.719. The SMILES string of the molecule is O=C(NCCO)c1cccc(NCc2ccc(N3CCCC3)nc2)c1. The number of carbonyl (C=O) groups excluding carboxylic acids is 1. The number of aliphatic hydroxyl groups is 1. The summed E-state index contributed by atoms with van der Waals surface area (Å²) < 4.78 is 0. The van der Waals surface area contributed by atoms with Gasteiger partial charge in [0.25, 0.3) is 5.91 Å². The normalized spacial score (nSPS) is 13.7. The molecule has 6 nitrogen and oxygen atoms in total. The molecule has 6 heteroatoms. The van der Waals surface area contributed by atoms with E-state index in [2.05, 4.69) is 32.7 Å². The van der Waals surface area contributed by atoms with E-state index in [-0.39, 0.29) is 19.1 Å². The number of benzene rings is 1. The van der Waals surface area contributed by atoms with Crippen LogP contribution in [-0.4, -0.2) is 42.2 Å². The van der Waals surface area contributed by atoms with Gasteiger partial charge in [-0.1, -0.05) is 12.1 Å². The molecule has 0 saturated carbocycles. The summed E-state index contributed by atoms with van der Waals surface area (Å²) in [4.78, 5) is 18.8. The Kier molecular flexibility index (Phi) is 5.85. The predicted molar refractivity (Wildman–Crippen MR) is 98.9 cm³/mol. The van der Waals surface area contributed by atoms with E-state index >= 15 is 0 Å². The summed E-state index contributed by atoms with van der Waals surface area (Å²) in [5.74, 6) is 0.859. The molecule has 1 aromatic carbocycles. The molecule has 0 radical (unpaired) electrons. The number of amides is 1. The fraction of sp³-hybridized carbons (Fsp3) is 0.368. The van der Waals surface area contributed by atoms with Crippen LogP contribution in [0.2, 0.25) is 0 Å². The first-order valence-corrected chi connectivity index (χ1v) is 8.69. The van der Waals surface area contributed by atoms with E-state index in [1.807, 2.05) is 18.3 Å². The van der Waals surface area contributed by atoms with Gasteiger partial charge >= 0.3 is 0 Å². The highest BCUT2D eigenvalue weighted by Gasteiger charge is 2.13.